The molecule has 5 heteroatoms. The summed E-state index contributed by atoms with van der Waals surface area (Å²) >= 11 is 1.67. The molecule has 0 spiro atoms. The van der Waals surface area contributed by atoms with Crippen molar-refractivity contribution in [3.05, 3.63) is 41.2 Å². The van der Waals surface area contributed by atoms with Crippen LogP contribution in [0, 0.1) is 12.8 Å². The number of rotatable bonds is 9. The molecule has 0 bridgehead atoms. The van der Waals surface area contributed by atoms with Gasteiger partial charge in [-0.05, 0) is 37.6 Å². The average molecular weight is 333 g/mol. The molecule has 0 saturated carbocycles. The van der Waals surface area contributed by atoms with Gasteiger partial charge in [0.25, 0.3) is 0 Å². The normalized spacial score (nSPS) is 11.3. The number of hydrogen-bond donors (Lipinski definition) is 1. The number of nitrogens with one attached hydrogen (secondary N) is 1. The van der Waals surface area contributed by atoms with Crippen molar-refractivity contribution in [2.24, 2.45) is 5.92 Å². The molecule has 0 fully saturated rings. The maximum absolute atomic E-state index is 4.37. The molecule has 0 aliphatic heterocycles. The minimum atomic E-state index is 0.607. The Morgan fingerprint density at radius 2 is 1.91 bits per heavy atom. The van der Waals surface area contributed by atoms with Gasteiger partial charge in [0.2, 0.25) is 0 Å². The topological polar surface area (TPSA) is 42.7 Å². The molecule has 0 radical (unpaired) electrons. The monoisotopic (exact) mass is 332 g/mol. The van der Waals surface area contributed by atoms with Crippen LogP contribution in [-0.2, 0) is 19.5 Å². The Balaban J connectivity index is 1.77. The van der Waals surface area contributed by atoms with Crippen LogP contribution in [-0.4, -0.2) is 27.6 Å². The molecular formula is C18H28N4S. The fraction of sp³-hybridized carbons (Fsp3) is 0.556. The van der Waals surface area contributed by atoms with Gasteiger partial charge in [0.05, 0.1) is 0 Å². The van der Waals surface area contributed by atoms with Gasteiger partial charge in [0, 0.05) is 19.5 Å². The van der Waals surface area contributed by atoms with Gasteiger partial charge in [-0.15, -0.1) is 10.2 Å². The molecule has 0 atom stereocenters. The van der Waals surface area contributed by atoms with E-state index in [1.54, 1.807) is 11.8 Å². The van der Waals surface area contributed by atoms with Crippen molar-refractivity contribution in [1.82, 2.24) is 20.1 Å². The lowest BCUT2D eigenvalue weighted by Crippen LogP contribution is -2.16. The van der Waals surface area contributed by atoms with Crippen molar-refractivity contribution in [1.29, 1.82) is 0 Å². The molecule has 1 heterocycles. The van der Waals surface area contributed by atoms with E-state index in [9.17, 15) is 0 Å². The van der Waals surface area contributed by atoms with Gasteiger partial charge in [0.1, 0.15) is 5.82 Å². The molecule has 2 rings (SSSR count). The Labute approximate surface area is 144 Å². The Hall–Kier alpha value is -1.33. The van der Waals surface area contributed by atoms with E-state index >= 15 is 0 Å². The van der Waals surface area contributed by atoms with E-state index in [2.05, 4.69) is 71.4 Å². The molecule has 4 nitrogen and oxygen atoms in total. The largest absolute Gasteiger partial charge is 0.313 e. The highest BCUT2D eigenvalue weighted by molar-refractivity contribution is 7.98. The van der Waals surface area contributed by atoms with E-state index in [1.165, 1.54) is 11.1 Å². The van der Waals surface area contributed by atoms with Gasteiger partial charge in [-0.1, -0.05) is 55.4 Å². The van der Waals surface area contributed by atoms with Gasteiger partial charge in [0.15, 0.2) is 5.16 Å². The first-order valence-electron chi connectivity index (χ1n) is 8.32. The molecule has 23 heavy (non-hydrogen) atoms. The third-order valence-corrected chi connectivity index (χ3v) is 4.39. The predicted molar refractivity (Wildman–Crippen MR) is 97.8 cm³/mol. The summed E-state index contributed by atoms with van der Waals surface area (Å²) in [6, 6.07) is 8.70. The van der Waals surface area contributed by atoms with Crippen LogP contribution in [0.2, 0.25) is 0 Å². The fourth-order valence-electron chi connectivity index (χ4n) is 2.51. The third kappa shape index (κ3) is 5.66. The summed E-state index contributed by atoms with van der Waals surface area (Å²) in [5.74, 6) is 1.72. The first-order chi connectivity index (χ1) is 11.1. The molecule has 0 saturated heterocycles. The summed E-state index contributed by atoms with van der Waals surface area (Å²) in [4.78, 5) is 0. The standard InChI is InChI=1S/C18H28N4S/c1-14(2)13-22-17(20-21-18(22)23-4)6-5-11-19-12-16-9-7-15(3)8-10-16/h7-10,14,19H,5-6,11-13H2,1-4H3. The quantitative estimate of drug-likeness (QED) is 0.562. The number of aryl methyl sites for hydroxylation is 2. The zero-order valence-corrected chi connectivity index (χ0v) is 15.5. The Morgan fingerprint density at radius 3 is 2.57 bits per heavy atom. The van der Waals surface area contributed by atoms with Crippen LogP contribution in [0.4, 0.5) is 0 Å². The van der Waals surface area contributed by atoms with Crippen LogP contribution >= 0.6 is 11.8 Å². The molecule has 0 unspecified atom stereocenters. The SMILES string of the molecule is CSc1nnc(CCCNCc2ccc(C)cc2)n1CC(C)C. The summed E-state index contributed by atoms with van der Waals surface area (Å²) in [7, 11) is 0. The van der Waals surface area contributed by atoms with Crippen LogP contribution in [0.25, 0.3) is 0 Å². The summed E-state index contributed by atoms with van der Waals surface area (Å²) < 4.78 is 2.27. The minimum absolute atomic E-state index is 0.607. The molecular weight excluding hydrogens is 304 g/mol. The zero-order valence-electron chi connectivity index (χ0n) is 14.7. The van der Waals surface area contributed by atoms with Crippen LogP contribution in [0.5, 0.6) is 0 Å². The van der Waals surface area contributed by atoms with E-state index in [1.807, 2.05) is 0 Å². The average Bonchev–Trinajstić information content (AvgIpc) is 2.90. The number of benzene rings is 1. The van der Waals surface area contributed by atoms with Crippen molar-refractivity contribution in [3.8, 4) is 0 Å². The molecule has 0 amide bonds. The van der Waals surface area contributed by atoms with Crippen LogP contribution in [0.15, 0.2) is 29.4 Å². The predicted octanol–water partition coefficient (Wildman–Crippen LogP) is 3.69. The summed E-state index contributed by atoms with van der Waals surface area (Å²) in [6.45, 7) is 9.50. The molecule has 1 N–H and O–H groups in total. The van der Waals surface area contributed by atoms with Crippen molar-refractivity contribution in [3.63, 3.8) is 0 Å². The number of aromatic nitrogens is 3. The van der Waals surface area contributed by atoms with Gasteiger partial charge in [-0.25, -0.2) is 0 Å². The lowest BCUT2D eigenvalue weighted by Gasteiger charge is -2.11. The maximum Gasteiger partial charge on any atom is 0.190 e. The number of nitrogens with zero attached hydrogens (tertiary/aromatic N) is 3. The van der Waals surface area contributed by atoms with Crippen molar-refractivity contribution < 1.29 is 0 Å². The second-order valence-electron chi connectivity index (χ2n) is 6.37. The highest BCUT2D eigenvalue weighted by Gasteiger charge is 2.12. The molecule has 0 aliphatic carbocycles. The number of thioether (sulfide) groups is 1. The first-order valence-corrected chi connectivity index (χ1v) is 9.55. The summed E-state index contributed by atoms with van der Waals surface area (Å²) in [6.07, 6.45) is 4.12. The molecule has 1 aromatic carbocycles. The summed E-state index contributed by atoms with van der Waals surface area (Å²) in [5.41, 5.74) is 2.64. The van der Waals surface area contributed by atoms with Crippen molar-refractivity contribution >= 4 is 11.8 Å². The van der Waals surface area contributed by atoms with Crippen LogP contribution < -0.4 is 5.32 Å². The zero-order chi connectivity index (χ0) is 16.7. The van der Waals surface area contributed by atoms with Crippen LogP contribution in [0.3, 0.4) is 0 Å². The van der Waals surface area contributed by atoms with Gasteiger partial charge >= 0.3 is 0 Å². The Bertz CT molecular complexity index is 590. The fourth-order valence-corrected chi connectivity index (χ4v) is 3.04. The first kappa shape index (κ1) is 18.0. The minimum Gasteiger partial charge on any atom is -0.313 e. The van der Waals surface area contributed by atoms with E-state index in [-0.39, 0.29) is 0 Å². The Morgan fingerprint density at radius 1 is 1.17 bits per heavy atom. The van der Waals surface area contributed by atoms with E-state index in [0.29, 0.717) is 5.92 Å². The third-order valence-electron chi connectivity index (χ3n) is 3.73. The van der Waals surface area contributed by atoms with E-state index < -0.39 is 0 Å². The van der Waals surface area contributed by atoms with Crippen molar-refractivity contribution in [2.45, 2.75) is 51.9 Å². The highest BCUT2D eigenvalue weighted by atomic mass is 32.2. The Kier molecular flexibility index (Phi) is 7.12. The lowest BCUT2D eigenvalue weighted by molar-refractivity contribution is 0.475. The second kappa shape index (κ2) is 9.08. The van der Waals surface area contributed by atoms with Crippen LogP contribution in [0.1, 0.15) is 37.2 Å². The van der Waals surface area contributed by atoms with Gasteiger partial charge < -0.3 is 9.88 Å². The smallest absolute Gasteiger partial charge is 0.190 e. The molecule has 0 aliphatic rings. The summed E-state index contributed by atoms with van der Waals surface area (Å²) in [5, 5.41) is 13.2. The van der Waals surface area contributed by atoms with E-state index in [4.69, 9.17) is 0 Å². The van der Waals surface area contributed by atoms with E-state index in [0.717, 1.165) is 43.5 Å². The number of hydrogen-bond acceptors (Lipinski definition) is 4. The highest BCUT2D eigenvalue weighted by Crippen LogP contribution is 2.16. The van der Waals surface area contributed by atoms with Gasteiger partial charge in [-0.2, -0.15) is 0 Å². The van der Waals surface area contributed by atoms with Crippen molar-refractivity contribution in [2.75, 3.05) is 12.8 Å². The van der Waals surface area contributed by atoms with Gasteiger partial charge in [-0.3, -0.25) is 0 Å². The molecule has 1 aromatic heterocycles. The maximum atomic E-state index is 4.37. The lowest BCUT2D eigenvalue weighted by atomic mass is 10.1. The molecule has 126 valence electrons. The second-order valence-corrected chi connectivity index (χ2v) is 7.15. The molecule has 2 aromatic rings.